The lowest BCUT2D eigenvalue weighted by Crippen LogP contribution is -2.39. The molecule has 0 spiro atoms. The Hall–Kier alpha value is -3.48. The Bertz CT molecular complexity index is 1360. The Morgan fingerprint density at radius 3 is 2.69 bits per heavy atom. The number of rotatable bonds is 2. The van der Waals surface area contributed by atoms with Crippen molar-refractivity contribution in [3.63, 3.8) is 0 Å². The Morgan fingerprint density at radius 2 is 1.94 bits per heavy atom. The number of carbonyl (C=O) groups excluding carboxylic acids is 2. The second kappa shape index (κ2) is 7.29. The maximum absolute atomic E-state index is 13.5. The molecule has 0 fully saturated rings. The average molecular weight is 433 g/mol. The lowest BCUT2D eigenvalue weighted by Gasteiger charge is -2.30. The molecule has 5 rings (SSSR count). The third-order valence-electron chi connectivity index (χ3n) is 6.43. The van der Waals surface area contributed by atoms with Gasteiger partial charge in [0, 0.05) is 53.4 Å². The number of hydrogen-bond acceptors (Lipinski definition) is 3. The monoisotopic (exact) mass is 433 g/mol. The Balaban J connectivity index is 1.40. The van der Waals surface area contributed by atoms with Crippen LogP contribution >= 0.6 is 0 Å². The first-order valence-electron chi connectivity index (χ1n) is 10.8. The van der Waals surface area contributed by atoms with Crippen LogP contribution in [0.15, 0.2) is 41.3 Å². The fraction of sp³-hybridized carbons (Fsp3) is 0.320. The zero-order valence-corrected chi connectivity index (χ0v) is 18.0. The van der Waals surface area contributed by atoms with Gasteiger partial charge in [-0.2, -0.15) is 0 Å². The molecule has 7 heteroatoms. The van der Waals surface area contributed by atoms with Crippen molar-refractivity contribution >= 4 is 28.2 Å². The molecule has 2 N–H and O–H groups in total. The first-order valence-corrected chi connectivity index (χ1v) is 10.8. The van der Waals surface area contributed by atoms with Gasteiger partial charge in [-0.1, -0.05) is 19.9 Å². The van der Waals surface area contributed by atoms with Crippen LogP contribution in [0.5, 0.6) is 0 Å². The lowest BCUT2D eigenvalue weighted by molar-refractivity contribution is 0.0771. The van der Waals surface area contributed by atoms with Gasteiger partial charge in [-0.25, -0.2) is 4.39 Å². The van der Waals surface area contributed by atoms with Crippen LogP contribution in [0, 0.1) is 11.2 Å². The van der Waals surface area contributed by atoms with Gasteiger partial charge in [0.2, 0.25) is 0 Å². The van der Waals surface area contributed by atoms with Crippen molar-refractivity contribution in [2.45, 2.75) is 33.1 Å². The second-order valence-corrected chi connectivity index (χ2v) is 9.47. The molecule has 0 atom stereocenters. The minimum atomic E-state index is -0.451. The summed E-state index contributed by atoms with van der Waals surface area (Å²) in [5.41, 5.74) is 3.21. The number of Topliss-reactive ketones (excluding diaryl/α,β-unsaturated/α-hetero) is 1. The van der Waals surface area contributed by atoms with Crippen molar-refractivity contribution in [1.29, 1.82) is 0 Å². The summed E-state index contributed by atoms with van der Waals surface area (Å²) in [6.45, 7) is 4.80. The first-order chi connectivity index (χ1) is 15.2. The number of amides is 1. The predicted molar refractivity (Wildman–Crippen MR) is 120 cm³/mol. The van der Waals surface area contributed by atoms with Crippen LogP contribution in [0.25, 0.3) is 16.5 Å². The fourth-order valence-corrected chi connectivity index (χ4v) is 4.82. The smallest absolute Gasteiger partial charge is 0.261 e. The Labute approximate surface area is 184 Å². The van der Waals surface area contributed by atoms with Crippen LogP contribution in [-0.4, -0.2) is 39.6 Å². The highest BCUT2D eigenvalue weighted by Gasteiger charge is 2.33. The Morgan fingerprint density at radius 1 is 1.12 bits per heavy atom. The molecule has 3 aromatic rings. The summed E-state index contributed by atoms with van der Waals surface area (Å²) in [5.74, 6) is -0.709. The number of aromatic amines is 2. The molecule has 2 aliphatic rings. The van der Waals surface area contributed by atoms with Gasteiger partial charge in [-0.3, -0.25) is 14.4 Å². The highest BCUT2D eigenvalue weighted by Crippen LogP contribution is 2.34. The molecule has 0 radical (unpaired) electrons. The van der Waals surface area contributed by atoms with Gasteiger partial charge in [0.15, 0.2) is 5.78 Å². The minimum absolute atomic E-state index is 0.0104. The zero-order chi connectivity index (χ0) is 22.6. The van der Waals surface area contributed by atoms with E-state index in [1.54, 1.807) is 11.0 Å². The number of H-pyrrole nitrogens is 2. The van der Waals surface area contributed by atoms with Gasteiger partial charge >= 0.3 is 0 Å². The van der Waals surface area contributed by atoms with E-state index in [0.717, 1.165) is 22.0 Å². The van der Waals surface area contributed by atoms with E-state index in [1.165, 1.54) is 18.2 Å². The predicted octanol–water partition coefficient (Wildman–Crippen LogP) is 4.08. The SMILES string of the molecule is CC1(C)CC(=O)c2cc(C(=O)N3CC=C(c4c[nH]c5cc(F)ccc45)CC3)c(=O)[nH]c2C1. The van der Waals surface area contributed by atoms with Crippen LogP contribution in [0.3, 0.4) is 0 Å². The molecule has 1 aliphatic carbocycles. The molecule has 0 saturated heterocycles. The molecule has 6 nitrogen and oxygen atoms in total. The van der Waals surface area contributed by atoms with Crippen molar-refractivity contribution in [3.8, 4) is 0 Å². The molecule has 0 saturated carbocycles. The van der Waals surface area contributed by atoms with Crippen molar-refractivity contribution < 1.29 is 14.0 Å². The number of pyridine rings is 1. The highest BCUT2D eigenvalue weighted by atomic mass is 19.1. The summed E-state index contributed by atoms with van der Waals surface area (Å²) in [6.07, 6.45) is 5.43. The number of nitrogens with one attached hydrogen (secondary N) is 2. The van der Waals surface area contributed by atoms with Gasteiger partial charge in [-0.05, 0) is 48.1 Å². The van der Waals surface area contributed by atoms with Crippen LogP contribution in [0.4, 0.5) is 4.39 Å². The molecule has 1 aromatic carbocycles. The summed E-state index contributed by atoms with van der Waals surface area (Å²) in [7, 11) is 0. The van der Waals surface area contributed by atoms with Crippen molar-refractivity contribution in [2.75, 3.05) is 13.1 Å². The number of fused-ring (bicyclic) bond motifs is 2. The topological polar surface area (TPSA) is 86.0 Å². The number of ketones is 1. The van der Waals surface area contributed by atoms with Gasteiger partial charge in [0.05, 0.1) is 0 Å². The molecule has 1 amide bonds. The van der Waals surface area contributed by atoms with E-state index in [4.69, 9.17) is 0 Å². The normalized spacial score (nSPS) is 17.9. The van der Waals surface area contributed by atoms with Crippen molar-refractivity contribution in [2.24, 2.45) is 5.41 Å². The van der Waals surface area contributed by atoms with E-state index >= 15 is 0 Å². The molecule has 0 bridgehead atoms. The van der Waals surface area contributed by atoms with Gasteiger partial charge in [0.25, 0.3) is 11.5 Å². The summed E-state index contributed by atoms with van der Waals surface area (Å²) in [4.78, 5) is 45.8. The lowest BCUT2D eigenvalue weighted by atomic mass is 9.75. The molecule has 1 aliphatic heterocycles. The first kappa shape index (κ1) is 20.4. The van der Waals surface area contributed by atoms with Crippen molar-refractivity contribution in [1.82, 2.24) is 14.9 Å². The van der Waals surface area contributed by atoms with Crippen LogP contribution in [0.2, 0.25) is 0 Å². The van der Waals surface area contributed by atoms with E-state index < -0.39 is 5.56 Å². The molecule has 164 valence electrons. The van der Waals surface area contributed by atoms with E-state index in [1.807, 2.05) is 26.1 Å². The van der Waals surface area contributed by atoms with E-state index in [-0.39, 0.29) is 28.5 Å². The van der Waals surface area contributed by atoms with E-state index in [9.17, 15) is 18.8 Å². The van der Waals surface area contributed by atoms with E-state index in [0.29, 0.717) is 43.6 Å². The van der Waals surface area contributed by atoms with Crippen LogP contribution in [0.1, 0.15) is 58.7 Å². The second-order valence-electron chi connectivity index (χ2n) is 9.47. The van der Waals surface area contributed by atoms with Gasteiger partial charge < -0.3 is 14.9 Å². The highest BCUT2D eigenvalue weighted by molar-refractivity contribution is 6.02. The zero-order valence-electron chi connectivity index (χ0n) is 18.0. The molecule has 3 heterocycles. The van der Waals surface area contributed by atoms with Gasteiger partial charge in [-0.15, -0.1) is 0 Å². The average Bonchev–Trinajstić information content (AvgIpc) is 3.15. The van der Waals surface area contributed by atoms with Crippen molar-refractivity contribution in [3.05, 3.63) is 75.1 Å². The molecule has 2 aromatic heterocycles. The number of hydrogen-bond donors (Lipinski definition) is 2. The number of carbonyl (C=O) groups is 2. The summed E-state index contributed by atoms with van der Waals surface area (Å²) < 4.78 is 13.5. The third-order valence-corrected chi connectivity index (χ3v) is 6.43. The largest absolute Gasteiger partial charge is 0.360 e. The fourth-order valence-electron chi connectivity index (χ4n) is 4.82. The minimum Gasteiger partial charge on any atom is -0.360 e. The summed E-state index contributed by atoms with van der Waals surface area (Å²) >= 11 is 0. The van der Waals surface area contributed by atoms with Crippen LogP contribution in [-0.2, 0) is 6.42 Å². The molecular formula is C25H24FN3O3. The quantitative estimate of drug-likeness (QED) is 0.639. The maximum atomic E-state index is 13.5. The summed E-state index contributed by atoms with van der Waals surface area (Å²) in [5, 5.41) is 0.935. The number of benzene rings is 1. The number of halogens is 1. The summed E-state index contributed by atoms with van der Waals surface area (Å²) in [6, 6.07) is 6.12. The van der Waals surface area contributed by atoms with Gasteiger partial charge in [0.1, 0.15) is 11.4 Å². The maximum Gasteiger partial charge on any atom is 0.261 e. The Kier molecular flexibility index (Phi) is 4.65. The van der Waals surface area contributed by atoms with E-state index in [2.05, 4.69) is 9.97 Å². The molecule has 32 heavy (non-hydrogen) atoms. The molecule has 0 unspecified atom stereocenters. The van der Waals surface area contributed by atoms with Crippen LogP contribution < -0.4 is 5.56 Å². The number of aromatic nitrogens is 2. The standard InChI is InChI=1S/C25H24FN3O3/c1-25(2)11-21-17(22(30)12-25)10-18(23(31)28-21)24(32)29-7-5-14(6-8-29)19-13-27-20-9-15(26)3-4-16(19)20/h3-5,9-10,13,27H,6-8,11-12H2,1-2H3,(H,28,31). The third kappa shape index (κ3) is 3.47. The number of nitrogens with zero attached hydrogens (tertiary/aromatic N) is 1. The molecular weight excluding hydrogens is 409 g/mol.